The topological polar surface area (TPSA) is 32.3 Å². The molecule has 2 aromatic rings. The number of benzene rings is 1. The lowest BCUT2D eigenvalue weighted by Gasteiger charge is -2.19. The van der Waals surface area contributed by atoms with Crippen LogP contribution in [0.15, 0.2) is 18.2 Å². The van der Waals surface area contributed by atoms with Gasteiger partial charge in [0.25, 0.3) is 5.91 Å². The Morgan fingerprint density at radius 2 is 2.00 bits per heavy atom. The third-order valence-corrected chi connectivity index (χ3v) is 6.00. The van der Waals surface area contributed by atoms with Crippen molar-refractivity contribution in [3.05, 3.63) is 34.5 Å². The van der Waals surface area contributed by atoms with Crippen molar-refractivity contribution in [1.82, 2.24) is 10.2 Å². The second-order valence-electron chi connectivity index (χ2n) is 6.53. The summed E-state index contributed by atoms with van der Waals surface area (Å²) in [6.45, 7) is 5.91. The zero-order chi connectivity index (χ0) is 16.9. The summed E-state index contributed by atoms with van der Waals surface area (Å²) in [7, 11) is 0. The summed E-state index contributed by atoms with van der Waals surface area (Å²) in [6.07, 6.45) is 6.23. The molecule has 0 saturated carbocycles. The summed E-state index contributed by atoms with van der Waals surface area (Å²) in [5, 5.41) is 3.58. The van der Waals surface area contributed by atoms with Gasteiger partial charge >= 0.3 is 0 Å². The van der Waals surface area contributed by atoms with Crippen molar-refractivity contribution in [3.8, 4) is 0 Å². The number of thiophene rings is 1. The van der Waals surface area contributed by atoms with E-state index in [1.54, 1.807) is 6.07 Å². The van der Waals surface area contributed by atoms with Crippen molar-refractivity contribution < 1.29 is 9.18 Å². The van der Waals surface area contributed by atoms with Gasteiger partial charge in [-0.1, -0.05) is 18.9 Å². The Kier molecular flexibility index (Phi) is 5.85. The predicted octanol–water partition coefficient (Wildman–Crippen LogP) is 4.34. The monoisotopic (exact) mass is 348 g/mol. The van der Waals surface area contributed by atoms with Crippen LogP contribution in [-0.4, -0.2) is 37.0 Å². The van der Waals surface area contributed by atoms with Gasteiger partial charge in [-0.25, -0.2) is 4.39 Å². The Bertz CT molecular complexity index is 705. The van der Waals surface area contributed by atoms with E-state index in [1.165, 1.54) is 56.2 Å². The molecule has 1 amide bonds. The summed E-state index contributed by atoms with van der Waals surface area (Å²) in [6, 6.07) is 5.01. The maximum absolute atomic E-state index is 13.9. The van der Waals surface area contributed by atoms with Gasteiger partial charge in [-0.05, 0) is 63.5 Å². The molecule has 5 heteroatoms. The highest BCUT2D eigenvalue weighted by molar-refractivity contribution is 7.21. The minimum atomic E-state index is -0.249. The summed E-state index contributed by atoms with van der Waals surface area (Å²) >= 11 is 1.37. The number of nitrogens with one attached hydrogen (secondary N) is 1. The first-order valence-electron chi connectivity index (χ1n) is 8.85. The lowest BCUT2D eigenvalue weighted by atomic mass is 10.1. The first kappa shape index (κ1) is 17.4. The second kappa shape index (κ2) is 8.08. The third-order valence-electron chi connectivity index (χ3n) is 4.74. The van der Waals surface area contributed by atoms with Gasteiger partial charge in [0.2, 0.25) is 0 Å². The van der Waals surface area contributed by atoms with E-state index >= 15 is 0 Å². The average molecular weight is 348 g/mol. The Morgan fingerprint density at radius 3 is 2.71 bits per heavy atom. The zero-order valence-corrected chi connectivity index (χ0v) is 15.1. The number of hydrogen-bond donors (Lipinski definition) is 1. The molecule has 0 spiro atoms. The van der Waals surface area contributed by atoms with Crippen molar-refractivity contribution in [3.63, 3.8) is 0 Å². The summed E-state index contributed by atoms with van der Waals surface area (Å²) in [5.74, 6) is -0.328. The molecule has 0 unspecified atom stereocenters. The molecule has 1 saturated heterocycles. The number of likely N-dealkylation sites (tertiary alicyclic amines) is 1. The standard InChI is InChI=1S/C19H25FN2OS/c1-14-17-15(20)8-6-9-16(17)24-18(14)19(23)21-10-7-13-22-11-4-2-3-5-12-22/h6,8-9H,2-5,7,10-13H2,1H3,(H,21,23). The quantitative estimate of drug-likeness (QED) is 0.815. The molecule has 0 bridgehead atoms. The molecule has 0 radical (unpaired) electrons. The van der Waals surface area contributed by atoms with Crippen molar-refractivity contribution in [2.45, 2.75) is 39.0 Å². The van der Waals surface area contributed by atoms with Gasteiger partial charge < -0.3 is 10.2 Å². The molecule has 3 nitrogen and oxygen atoms in total. The van der Waals surface area contributed by atoms with Crippen LogP contribution in [0.2, 0.25) is 0 Å². The van der Waals surface area contributed by atoms with E-state index in [9.17, 15) is 9.18 Å². The van der Waals surface area contributed by atoms with Crippen LogP contribution in [0.1, 0.15) is 47.3 Å². The number of rotatable bonds is 5. The highest BCUT2D eigenvalue weighted by Gasteiger charge is 2.17. The van der Waals surface area contributed by atoms with Crippen molar-refractivity contribution in [1.29, 1.82) is 0 Å². The van der Waals surface area contributed by atoms with E-state index in [0.29, 0.717) is 16.8 Å². The fraction of sp³-hybridized carbons (Fsp3) is 0.526. The SMILES string of the molecule is Cc1c(C(=O)NCCCN2CCCCCC2)sc2cccc(F)c12. The highest BCUT2D eigenvalue weighted by atomic mass is 32.1. The van der Waals surface area contributed by atoms with Crippen LogP contribution in [0.25, 0.3) is 10.1 Å². The van der Waals surface area contributed by atoms with E-state index in [4.69, 9.17) is 0 Å². The van der Waals surface area contributed by atoms with Gasteiger partial charge in [-0.15, -0.1) is 11.3 Å². The van der Waals surface area contributed by atoms with Crippen LogP contribution in [0.4, 0.5) is 4.39 Å². The predicted molar refractivity (Wildman–Crippen MR) is 98.4 cm³/mol. The number of aryl methyl sites for hydroxylation is 1. The van der Waals surface area contributed by atoms with Gasteiger partial charge in [-0.3, -0.25) is 4.79 Å². The molecule has 24 heavy (non-hydrogen) atoms. The Hall–Kier alpha value is -1.46. The maximum atomic E-state index is 13.9. The molecule has 130 valence electrons. The molecule has 0 atom stereocenters. The molecule has 1 fully saturated rings. The molecule has 1 aliphatic rings. The number of carbonyl (C=O) groups is 1. The van der Waals surface area contributed by atoms with E-state index in [-0.39, 0.29) is 11.7 Å². The van der Waals surface area contributed by atoms with Crippen LogP contribution in [0.3, 0.4) is 0 Å². The number of nitrogens with zero attached hydrogens (tertiary/aromatic N) is 1. The number of halogens is 1. The van der Waals surface area contributed by atoms with Crippen molar-refractivity contribution in [2.24, 2.45) is 0 Å². The molecule has 0 aliphatic carbocycles. The lowest BCUT2D eigenvalue weighted by molar-refractivity contribution is 0.0955. The van der Waals surface area contributed by atoms with Crippen molar-refractivity contribution in [2.75, 3.05) is 26.2 Å². The summed E-state index contributed by atoms with van der Waals surface area (Å²) in [4.78, 5) is 15.5. The third kappa shape index (κ3) is 3.95. The average Bonchev–Trinajstić information content (AvgIpc) is 2.74. The van der Waals surface area contributed by atoms with Crippen molar-refractivity contribution >= 4 is 27.3 Å². The molecule has 1 aromatic heterocycles. The summed E-state index contributed by atoms with van der Waals surface area (Å²) in [5.41, 5.74) is 0.748. The van der Waals surface area contributed by atoms with Gasteiger partial charge in [0.15, 0.2) is 0 Å². The Balaban J connectivity index is 1.54. The van der Waals surface area contributed by atoms with E-state index in [0.717, 1.165) is 23.2 Å². The molecule has 2 heterocycles. The fourth-order valence-electron chi connectivity index (χ4n) is 3.41. The fourth-order valence-corrected chi connectivity index (χ4v) is 4.55. The molecule has 1 aliphatic heterocycles. The Morgan fingerprint density at radius 1 is 1.25 bits per heavy atom. The lowest BCUT2D eigenvalue weighted by Crippen LogP contribution is -2.30. The van der Waals surface area contributed by atoms with Crippen LogP contribution >= 0.6 is 11.3 Å². The van der Waals surface area contributed by atoms with E-state index < -0.39 is 0 Å². The normalized spacial score (nSPS) is 16.2. The smallest absolute Gasteiger partial charge is 0.261 e. The van der Waals surface area contributed by atoms with Gasteiger partial charge in [-0.2, -0.15) is 0 Å². The van der Waals surface area contributed by atoms with Gasteiger partial charge in [0.1, 0.15) is 5.82 Å². The first-order chi connectivity index (χ1) is 11.7. The van der Waals surface area contributed by atoms with Crippen LogP contribution in [-0.2, 0) is 0 Å². The van der Waals surface area contributed by atoms with Crippen LogP contribution in [0.5, 0.6) is 0 Å². The first-order valence-corrected chi connectivity index (χ1v) is 9.66. The molecule has 3 rings (SSSR count). The highest BCUT2D eigenvalue weighted by Crippen LogP contribution is 2.32. The molecule has 1 aromatic carbocycles. The molecule has 1 N–H and O–H groups in total. The van der Waals surface area contributed by atoms with Gasteiger partial charge in [0.05, 0.1) is 4.88 Å². The van der Waals surface area contributed by atoms with Gasteiger partial charge in [0, 0.05) is 16.6 Å². The zero-order valence-electron chi connectivity index (χ0n) is 14.2. The van der Waals surface area contributed by atoms with E-state index in [1.807, 2.05) is 13.0 Å². The molecular formula is C19H25FN2OS. The number of carbonyl (C=O) groups excluding carboxylic acids is 1. The number of fused-ring (bicyclic) bond motifs is 1. The van der Waals surface area contributed by atoms with E-state index in [2.05, 4.69) is 10.2 Å². The summed E-state index contributed by atoms with van der Waals surface area (Å²) < 4.78 is 14.8. The minimum absolute atomic E-state index is 0.0797. The largest absolute Gasteiger partial charge is 0.351 e. The maximum Gasteiger partial charge on any atom is 0.261 e. The second-order valence-corrected chi connectivity index (χ2v) is 7.59. The molecular weight excluding hydrogens is 323 g/mol. The number of amides is 1. The Labute approximate surface area is 146 Å². The van der Waals surface area contributed by atoms with Crippen LogP contribution < -0.4 is 5.32 Å². The van der Waals surface area contributed by atoms with Crippen LogP contribution in [0, 0.1) is 12.7 Å². The minimum Gasteiger partial charge on any atom is -0.351 e. The number of hydrogen-bond acceptors (Lipinski definition) is 3.